The molecular formula is C53H74N14O12S2. The SMILES string of the molecule is COc1ccc(CC2NC(=O)C/C(=C\C3CCCC3)SSCC(C(=O)N3CCC[C@H]3C(=O)N[C@@H](CCCN=C(N)N)C(=O)NCC(N)=O)NC(=O)[C@H](CC(N)=O)NC(=O)[C@H](CCC(N)=O)NC(=O)C(Cc3ccccc3)NC2=O)cc1. The molecular weight excluding hydrogens is 1090 g/mol. The normalized spacial score (nSPS) is 22.6. The average Bonchev–Trinajstić information content (AvgIpc) is 4.14. The van der Waals surface area contributed by atoms with Crippen LogP contribution in [0.2, 0.25) is 0 Å². The number of guanidine groups is 1. The maximum atomic E-state index is 14.9. The van der Waals surface area contributed by atoms with Crippen LogP contribution in [0.3, 0.4) is 0 Å². The van der Waals surface area contributed by atoms with Gasteiger partial charge in [0.05, 0.1) is 26.5 Å². The summed E-state index contributed by atoms with van der Waals surface area (Å²) in [7, 11) is 3.76. The van der Waals surface area contributed by atoms with E-state index in [0.29, 0.717) is 28.2 Å². The number of nitrogens with zero attached hydrogens (tertiary/aromatic N) is 2. The number of nitrogens with one attached hydrogen (secondary N) is 7. The van der Waals surface area contributed by atoms with E-state index in [1.165, 1.54) is 12.0 Å². The fourth-order valence-corrected chi connectivity index (χ4v) is 11.9. The Balaban J connectivity index is 1.54. The van der Waals surface area contributed by atoms with Gasteiger partial charge in [-0.05, 0) is 74.1 Å². The highest BCUT2D eigenvalue weighted by atomic mass is 33.1. The molecule has 81 heavy (non-hydrogen) atoms. The van der Waals surface area contributed by atoms with Gasteiger partial charge in [0.15, 0.2) is 5.96 Å². The number of allylic oxidation sites excluding steroid dienone is 1. The number of methoxy groups -OCH3 is 1. The number of rotatable bonds is 21. The first-order chi connectivity index (χ1) is 38.7. The van der Waals surface area contributed by atoms with Crippen molar-refractivity contribution in [2.24, 2.45) is 39.6 Å². The number of ether oxygens (including phenoxy) is 1. The fraction of sp³-hybridized carbons (Fsp3) is 0.509. The third-order valence-corrected chi connectivity index (χ3v) is 16.0. The quantitative estimate of drug-likeness (QED) is 0.0279. The molecule has 2 heterocycles. The number of hydrogen-bond donors (Lipinski definition) is 12. The third kappa shape index (κ3) is 21.6. The van der Waals surface area contributed by atoms with Crippen molar-refractivity contribution in [2.75, 3.05) is 32.5 Å². The monoisotopic (exact) mass is 1160 g/mol. The second-order valence-corrected chi connectivity index (χ2v) is 22.4. The minimum absolute atomic E-state index is 0.0138. The summed E-state index contributed by atoms with van der Waals surface area (Å²) in [6.07, 6.45) is 4.26. The number of primary amides is 3. The predicted molar refractivity (Wildman–Crippen MR) is 302 cm³/mol. The largest absolute Gasteiger partial charge is 0.497 e. The molecule has 0 spiro atoms. The van der Waals surface area contributed by atoms with Gasteiger partial charge in [-0.1, -0.05) is 83.0 Å². The van der Waals surface area contributed by atoms with Crippen molar-refractivity contribution >= 4 is 92.5 Å². The molecule has 26 nitrogen and oxygen atoms in total. The summed E-state index contributed by atoms with van der Waals surface area (Å²) in [6, 6.07) is 5.54. The lowest BCUT2D eigenvalue weighted by atomic mass is 10.0. The Morgan fingerprint density at radius 1 is 0.741 bits per heavy atom. The molecule has 1 saturated carbocycles. The minimum Gasteiger partial charge on any atom is -0.497 e. The van der Waals surface area contributed by atoms with Crippen molar-refractivity contribution in [1.29, 1.82) is 0 Å². The Morgan fingerprint density at radius 2 is 1.36 bits per heavy atom. The standard InChI is InChI=1S/C53H74N14O12S2/c1-79-33-17-15-32(16-18-33)25-37-48(74)64-38(24-31-9-3-2-4-10-31)49(75)62-36(19-20-42(54)68)47(73)65-39(27-43(55)69)50(76)66-40(29-80-81-34(26-45(71)61-37)23-30-11-5-6-12-30)52(78)67-22-8-14-41(67)51(77)63-35(13-7-21-59-53(57)58)46(72)60-28-44(56)70/h2-4,9-10,15-18,23,30,35-41H,5-8,11-14,19-22,24-29H2,1H3,(H2,54,68)(H2,55,69)(H2,56,70)(H,60,72)(H,61,71)(H,62,75)(H,63,77)(H,64,74)(H,65,73)(H,66,76)(H4,57,58,59)/b34-23+/t35-,36-,37?,38?,39-,40?,41-/m0/s1. The van der Waals surface area contributed by atoms with E-state index in [9.17, 15) is 52.7 Å². The van der Waals surface area contributed by atoms with Gasteiger partial charge in [-0.3, -0.25) is 57.7 Å². The Kier molecular flexibility index (Phi) is 25.6. The number of benzene rings is 2. The number of carbonyl (C=O) groups excluding carboxylic acids is 11. The van der Waals surface area contributed by atoms with Crippen LogP contribution in [0.1, 0.15) is 88.2 Å². The molecule has 0 radical (unpaired) electrons. The number of amides is 11. The first kappa shape index (κ1) is 63.9. The Hall–Kier alpha value is -7.88. The maximum absolute atomic E-state index is 14.9. The van der Waals surface area contributed by atoms with Gasteiger partial charge in [0.25, 0.3) is 0 Å². The summed E-state index contributed by atoms with van der Waals surface area (Å²) in [5, 5.41) is 18.4. The van der Waals surface area contributed by atoms with Crippen molar-refractivity contribution in [3.05, 3.63) is 76.7 Å². The van der Waals surface area contributed by atoms with Gasteiger partial charge in [-0.25, -0.2) is 0 Å². The van der Waals surface area contributed by atoms with Crippen molar-refractivity contribution in [1.82, 2.24) is 42.1 Å². The molecule has 11 amide bonds. The minimum atomic E-state index is -1.78. The second kappa shape index (κ2) is 32.4. The van der Waals surface area contributed by atoms with E-state index in [0.717, 1.165) is 47.3 Å². The lowest BCUT2D eigenvalue weighted by molar-refractivity contribution is -0.142. The molecule has 2 saturated heterocycles. The van der Waals surface area contributed by atoms with Crippen LogP contribution in [0.5, 0.6) is 5.75 Å². The van der Waals surface area contributed by atoms with E-state index in [2.05, 4.69) is 42.2 Å². The zero-order chi connectivity index (χ0) is 59.0. The fourth-order valence-electron chi connectivity index (χ4n) is 9.42. The predicted octanol–water partition coefficient (Wildman–Crippen LogP) is -1.96. The van der Waals surface area contributed by atoms with Crippen LogP contribution in [0, 0.1) is 5.92 Å². The van der Waals surface area contributed by atoms with Gasteiger partial charge >= 0.3 is 0 Å². The molecule has 28 heteroatoms. The highest BCUT2D eigenvalue weighted by Gasteiger charge is 2.41. The highest BCUT2D eigenvalue weighted by molar-refractivity contribution is 8.78. The zero-order valence-corrected chi connectivity index (χ0v) is 46.7. The molecule has 3 unspecified atom stereocenters. The van der Waals surface area contributed by atoms with Gasteiger partial charge in [-0.2, -0.15) is 0 Å². The molecule has 1 aliphatic carbocycles. The van der Waals surface area contributed by atoms with Gasteiger partial charge in [0.2, 0.25) is 65.0 Å². The summed E-state index contributed by atoms with van der Waals surface area (Å²) in [5.41, 5.74) is 28.5. The molecule has 3 fully saturated rings. The van der Waals surface area contributed by atoms with Crippen LogP contribution >= 0.6 is 21.6 Å². The number of carbonyl (C=O) groups is 11. The van der Waals surface area contributed by atoms with Crippen molar-refractivity contribution < 1.29 is 57.5 Å². The van der Waals surface area contributed by atoms with Crippen LogP contribution in [0.25, 0.3) is 0 Å². The molecule has 2 aromatic rings. The molecule has 2 aromatic carbocycles. The highest BCUT2D eigenvalue weighted by Crippen LogP contribution is 2.37. The first-order valence-electron chi connectivity index (χ1n) is 26.7. The first-order valence-corrected chi connectivity index (χ1v) is 29.0. The lowest BCUT2D eigenvalue weighted by Gasteiger charge is -2.31. The van der Waals surface area contributed by atoms with Gasteiger partial charge < -0.3 is 75.5 Å². The van der Waals surface area contributed by atoms with Crippen molar-refractivity contribution in [2.45, 2.75) is 132 Å². The number of aliphatic imine (C=N–C) groups is 1. The number of likely N-dealkylation sites (tertiary alicyclic amines) is 1. The maximum Gasteiger partial charge on any atom is 0.246 e. The summed E-state index contributed by atoms with van der Waals surface area (Å²) >= 11 is 0. The zero-order valence-electron chi connectivity index (χ0n) is 45.1. The van der Waals surface area contributed by atoms with Crippen molar-refractivity contribution in [3.63, 3.8) is 0 Å². The van der Waals surface area contributed by atoms with E-state index in [1.807, 2.05) is 6.08 Å². The Labute approximate surface area is 476 Å². The molecule has 17 N–H and O–H groups in total. The topological polar surface area (TPSA) is 427 Å². The molecule has 0 bridgehead atoms. The molecule has 440 valence electrons. The van der Waals surface area contributed by atoms with E-state index < -0.39 is 133 Å². The van der Waals surface area contributed by atoms with E-state index in [-0.39, 0.29) is 69.2 Å². The van der Waals surface area contributed by atoms with Crippen LogP contribution < -0.4 is 70.6 Å². The molecule has 2 aliphatic heterocycles. The Bertz CT molecular complexity index is 2640. The van der Waals surface area contributed by atoms with Gasteiger partial charge in [0.1, 0.15) is 48.0 Å². The number of nitrogens with two attached hydrogens (primary N) is 5. The van der Waals surface area contributed by atoms with Gasteiger partial charge in [0, 0.05) is 43.0 Å². The van der Waals surface area contributed by atoms with E-state index >= 15 is 0 Å². The summed E-state index contributed by atoms with van der Waals surface area (Å²) in [5.74, 6) is -9.05. The van der Waals surface area contributed by atoms with Crippen LogP contribution in [-0.4, -0.2) is 151 Å². The molecule has 0 aromatic heterocycles. The molecule has 7 atom stereocenters. The number of hydrogen-bond acceptors (Lipinski definition) is 15. The third-order valence-electron chi connectivity index (χ3n) is 13.5. The van der Waals surface area contributed by atoms with E-state index in [4.69, 9.17) is 33.4 Å². The van der Waals surface area contributed by atoms with Crippen LogP contribution in [0.4, 0.5) is 0 Å². The smallest absolute Gasteiger partial charge is 0.246 e. The summed E-state index contributed by atoms with van der Waals surface area (Å²) in [6.45, 7) is -0.400. The van der Waals surface area contributed by atoms with E-state index in [1.54, 1.807) is 54.6 Å². The summed E-state index contributed by atoms with van der Waals surface area (Å²) < 4.78 is 5.33. The summed E-state index contributed by atoms with van der Waals surface area (Å²) in [4.78, 5) is 157. The second-order valence-electron chi connectivity index (χ2n) is 19.9. The average molecular weight is 1160 g/mol. The van der Waals surface area contributed by atoms with Gasteiger partial charge in [-0.15, -0.1) is 0 Å². The van der Waals surface area contributed by atoms with Crippen LogP contribution in [-0.2, 0) is 65.6 Å². The lowest BCUT2D eigenvalue weighted by Crippen LogP contribution is -2.61. The molecule has 5 rings (SSSR count). The van der Waals surface area contributed by atoms with Crippen molar-refractivity contribution in [3.8, 4) is 5.75 Å². The van der Waals surface area contributed by atoms with Crippen LogP contribution in [0.15, 0.2) is 70.6 Å². The molecule has 3 aliphatic rings. The Morgan fingerprint density at radius 3 is 1.99 bits per heavy atom.